The highest BCUT2D eigenvalue weighted by molar-refractivity contribution is 5.21. The fourth-order valence-electron chi connectivity index (χ4n) is 2.00. The molecule has 0 spiro atoms. The highest BCUT2D eigenvalue weighted by Gasteiger charge is 1.86. The van der Waals surface area contributed by atoms with Gasteiger partial charge in [-0.05, 0) is 25.7 Å². The van der Waals surface area contributed by atoms with Crippen molar-refractivity contribution >= 4 is 0 Å². The minimum Gasteiger partial charge on any atom is -0.0845 e. The van der Waals surface area contributed by atoms with Gasteiger partial charge in [0.15, 0.2) is 0 Å². The van der Waals surface area contributed by atoms with Gasteiger partial charge in [-0.2, -0.15) is 0 Å². The first-order valence-corrected chi connectivity index (χ1v) is 8.32. The molecule has 0 aliphatic heterocycles. The molecule has 0 heteroatoms. The maximum absolute atomic E-state index is 2.26. The van der Waals surface area contributed by atoms with Gasteiger partial charge in [-0.1, -0.05) is 110 Å². The summed E-state index contributed by atoms with van der Waals surface area (Å²) in [6, 6.07) is 0. The molecule has 0 aromatic rings. The van der Waals surface area contributed by atoms with E-state index in [1.807, 2.05) is 48.6 Å². The van der Waals surface area contributed by atoms with E-state index in [9.17, 15) is 0 Å². The van der Waals surface area contributed by atoms with E-state index in [1.54, 1.807) is 0 Å². The van der Waals surface area contributed by atoms with Gasteiger partial charge in [-0.3, -0.25) is 0 Å². The van der Waals surface area contributed by atoms with Crippen molar-refractivity contribution in [2.75, 3.05) is 0 Å². The van der Waals surface area contributed by atoms with E-state index < -0.39 is 0 Å². The van der Waals surface area contributed by atoms with Gasteiger partial charge < -0.3 is 0 Å². The average molecular weight is 292 g/mol. The number of hydrogen-bond donors (Lipinski definition) is 0. The van der Waals surface area contributed by atoms with Gasteiger partial charge in [-0.15, -0.1) is 0 Å². The minimum atomic E-state index is 1.18. The zero-order valence-corrected chi connectivity index (χ0v) is 13.5. The lowest BCUT2D eigenvalue weighted by Gasteiger charge is -1.96. The quantitative estimate of drug-likeness (QED) is 0.461. The molecule has 1 rings (SSSR count). The van der Waals surface area contributed by atoms with E-state index in [-0.39, 0.29) is 0 Å². The summed E-state index contributed by atoms with van der Waals surface area (Å²) in [5.74, 6) is 0. The van der Waals surface area contributed by atoms with Crippen LogP contribution in [-0.4, -0.2) is 0 Å². The Hall–Kier alpha value is -2.08. The second kappa shape index (κ2) is 15.3. The molecule has 0 nitrogen and oxygen atoms in total. The largest absolute Gasteiger partial charge is 0.0845 e. The van der Waals surface area contributed by atoms with Crippen LogP contribution in [0, 0.1) is 0 Å². The molecule has 22 heavy (non-hydrogen) atoms. The monoisotopic (exact) mass is 292 g/mol. The van der Waals surface area contributed by atoms with E-state index in [0.717, 1.165) is 0 Å². The predicted octanol–water partition coefficient (Wildman–Crippen LogP) is 6.79. The van der Waals surface area contributed by atoms with Crippen molar-refractivity contribution in [3.05, 3.63) is 97.2 Å². The Morgan fingerprint density at radius 3 is 0.864 bits per heavy atom. The van der Waals surface area contributed by atoms with Gasteiger partial charge in [0.1, 0.15) is 0 Å². The minimum absolute atomic E-state index is 1.18. The van der Waals surface area contributed by atoms with Crippen LogP contribution in [0.1, 0.15) is 38.5 Å². The summed E-state index contributed by atoms with van der Waals surface area (Å²) in [6.07, 6.45) is 41.0. The third-order valence-electron chi connectivity index (χ3n) is 3.21. The van der Waals surface area contributed by atoms with Gasteiger partial charge in [0, 0.05) is 0 Å². The zero-order chi connectivity index (χ0) is 15.6. The first-order chi connectivity index (χ1) is 11.0. The molecule has 116 valence electrons. The Kier molecular flexibility index (Phi) is 12.5. The Morgan fingerprint density at radius 2 is 0.545 bits per heavy atom. The molecule has 0 heterocycles. The molecule has 0 radical (unpaired) electrons. The van der Waals surface area contributed by atoms with Crippen molar-refractivity contribution in [3.8, 4) is 0 Å². The molecule has 0 amide bonds. The lowest BCUT2D eigenvalue weighted by molar-refractivity contribution is 0.652. The second-order valence-electron chi connectivity index (χ2n) is 5.16. The van der Waals surface area contributed by atoms with Crippen LogP contribution in [0.4, 0.5) is 0 Å². The molecule has 1 aliphatic rings. The highest BCUT2D eigenvalue weighted by atomic mass is 13.9. The summed E-state index contributed by atoms with van der Waals surface area (Å²) in [6.45, 7) is 0. The second-order valence-corrected chi connectivity index (χ2v) is 5.16. The van der Waals surface area contributed by atoms with Crippen LogP contribution >= 0.6 is 0 Å². The number of allylic oxidation sites excluding steroid dienone is 16. The van der Waals surface area contributed by atoms with Gasteiger partial charge in [-0.25, -0.2) is 0 Å². The van der Waals surface area contributed by atoms with E-state index >= 15 is 0 Å². The number of rotatable bonds is 0. The maximum atomic E-state index is 2.26. The van der Waals surface area contributed by atoms with Crippen molar-refractivity contribution in [2.45, 2.75) is 38.5 Å². The van der Waals surface area contributed by atoms with Crippen molar-refractivity contribution in [1.82, 2.24) is 0 Å². The smallest absolute Gasteiger partial charge is 0.0348 e. The molecule has 0 saturated heterocycles. The van der Waals surface area contributed by atoms with Gasteiger partial charge in [0.25, 0.3) is 0 Å². The summed E-state index contributed by atoms with van der Waals surface area (Å²) >= 11 is 0. The summed E-state index contributed by atoms with van der Waals surface area (Å²) in [7, 11) is 0. The van der Waals surface area contributed by atoms with Crippen molar-refractivity contribution in [3.63, 3.8) is 0 Å². The third kappa shape index (κ3) is 12.9. The molecule has 0 bridgehead atoms. The third-order valence-corrected chi connectivity index (χ3v) is 3.21. The fourth-order valence-corrected chi connectivity index (χ4v) is 2.00. The Balaban J connectivity index is 2.46. The summed E-state index contributed by atoms with van der Waals surface area (Å²) < 4.78 is 0. The van der Waals surface area contributed by atoms with E-state index in [2.05, 4.69) is 48.6 Å². The molecule has 0 atom stereocenters. The maximum Gasteiger partial charge on any atom is -0.0348 e. The van der Waals surface area contributed by atoms with E-state index in [0.29, 0.717) is 0 Å². The van der Waals surface area contributed by atoms with Crippen molar-refractivity contribution < 1.29 is 0 Å². The lowest BCUT2D eigenvalue weighted by atomic mass is 10.1. The fraction of sp³-hybridized carbons (Fsp3) is 0.273. The Morgan fingerprint density at radius 1 is 0.273 bits per heavy atom. The van der Waals surface area contributed by atoms with Gasteiger partial charge in [0.05, 0.1) is 0 Å². The molecule has 0 aromatic heterocycles. The molecule has 0 aromatic carbocycles. The summed E-state index contributed by atoms with van der Waals surface area (Å²) in [4.78, 5) is 0. The van der Waals surface area contributed by atoms with Gasteiger partial charge in [0.2, 0.25) is 0 Å². The van der Waals surface area contributed by atoms with Crippen LogP contribution in [0.2, 0.25) is 0 Å². The van der Waals surface area contributed by atoms with Crippen LogP contribution in [0.15, 0.2) is 97.2 Å². The molecule has 1 aliphatic carbocycles. The molecular formula is C22H28. The molecular weight excluding hydrogens is 264 g/mol. The van der Waals surface area contributed by atoms with E-state index in [4.69, 9.17) is 0 Å². The lowest BCUT2D eigenvalue weighted by Crippen LogP contribution is -1.76. The van der Waals surface area contributed by atoms with Crippen molar-refractivity contribution in [1.29, 1.82) is 0 Å². The highest BCUT2D eigenvalue weighted by Crippen LogP contribution is 2.06. The first kappa shape index (κ1) is 18.0. The summed E-state index contributed by atoms with van der Waals surface area (Å²) in [5.41, 5.74) is 0. The predicted molar refractivity (Wildman–Crippen MR) is 101 cm³/mol. The first-order valence-electron chi connectivity index (χ1n) is 8.32. The normalized spacial score (nSPS) is 28.4. The molecule has 0 N–H and O–H groups in total. The molecule has 0 saturated carbocycles. The zero-order valence-electron chi connectivity index (χ0n) is 13.5. The average Bonchev–Trinajstić information content (AvgIpc) is 2.53. The van der Waals surface area contributed by atoms with Crippen LogP contribution in [-0.2, 0) is 0 Å². The Bertz CT molecular complexity index is 430. The van der Waals surface area contributed by atoms with Crippen LogP contribution < -0.4 is 0 Å². The van der Waals surface area contributed by atoms with Gasteiger partial charge >= 0.3 is 0 Å². The van der Waals surface area contributed by atoms with E-state index in [1.165, 1.54) is 38.5 Å². The molecule has 0 unspecified atom stereocenters. The van der Waals surface area contributed by atoms with Crippen LogP contribution in [0.25, 0.3) is 0 Å². The van der Waals surface area contributed by atoms with Crippen molar-refractivity contribution in [2.24, 2.45) is 0 Å². The van der Waals surface area contributed by atoms with Crippen LogP contribution in [0.5, 0.6) is 0 Å². The summed E-state index contributed by atoms with van der Waals surface area (Å²) in [5, 5.41) is 0. The SMILES string of the molecule is C1=CCCCCCC/C=C/C=C\C=C\C=C\C=C\C=C/C=C/1. The Labute approximate surface area is 136 Å². The topological polar surface area (TPSA) is 0 Å². The molecule has 0 fully saturated rings. The standard InChI is InChI=1S/C22H28/c1-2-4-6-8-10-12-14-16-18-20-22-21-19-17-15-13-11-9-7-5-3-1/h1-16H,17-22H2/b3-1+,4-2+,7-5-,8-6+,11-9+,12-10-,15-13?,16-14+. The van der Waals surface area contributed by atoms with Crippen LogP contribution in [0.3, 0.4) is 0 Å². The number of hydrogen-bond acceptors (Lipinski definition) is 0.